The van der Waals surface area contributed by atoms with E-state index < -0.39 is 18.2 Å². The number of ketones is 1. The van der Waals surface area contributed by atoms with E-state index in [0.29, 0.717) is 20.6 Å². The average molecular weight is 416 g/mol. The molecule has 1 aromatic carbocycles. The van der Waals surface area contributed by atoms with Gasteiger partial charge in [-0.3, -0.25) is 9.68 Å². The molecule has 1 aliphatic carbocycles. The van der Waals surface area contributed by atoms with Crippen molar-refractivity contribution in [3.63, 3.8) is 0 Å². The molecule has 0 spiro atoms. The Morgan fingerprint density at radius 3 is 2.04 bits per heavy atom. The molecule has 0 radical (unpaired) electrons. The number of methoxy groups -OCH3 is 3. The molecule has 28 heavy (non-hydrogen) atoms. The molecule has 0 heterocycles. The zero-order valence-electron chi connectivity index (χ0n) is 16.8. The van der Waals surface area contributed by atoms with Crippen molar-refractivity contribution in [2.75, 3.05) is 21.3 Å². The van der Waals surface area contributed by atoms with Gasteiger partial charge in [0, 0.05) is 7.11 Å². The Bertz CT molecular complexity index is 623. The van der Waals surface area contributed by atoms with Crippen LogP contribution in [0.1, 0.15) is 43.0 Å². The molecule has 0 aliphatic heterocycles. The van der Waals surface area contributed by atoms with Gasteiger partial charge >= 0.3 is 5.97 Å². The van der Waals surface area contributed by atoms with Crippen molar-refractivity contribution in [2.45, 2.75) is 38.9 Å². The van der Waals surface area contributed by atoms with E-state index in [1.165, 1.54) is 21.3 Å². The standard InChI is InChI=1S/C19H26O7.H3OP/c1-12(22-2)25-26-19(21)16(13-8-5-6-9-13)18(20)17-14(23-3)10-7-11-15(17)24-4;1-2/h7,10-13,16H,5-6,8-9H2,1-4H3;2H3. The molecule has 8 nitrogen and oxygen atoms in total. The lowest BCUT2D eigenvalue weighted by Gasteiger charge is -2.22. The van der Waals surface area contributed by atoms with E-state index in [0.717, 1.165) is 25.7 Å². The summed E-state index contributed by atoms with van der Waals surface area (Å²) >= 11 is 0. The van der Waals surface area contributed by atoms with Crippen LogP contribution in [0.4, 0.5) is 0 Å². The third-order valence-corrected chi connectivity index (χ3v) is 4.68. The molecule has 3 unspecified atom stereocenters. The Morgan fingerprint density at radius 2 is 1.57 bits per heavy atom. The van der Waals surface area contributed by atoms with Crippen LogP contribution >= 0.6 is 9.12 Å². The second kappa shape index (κ2) is 12.5. The van der Waals surface area contributed by atoms with Gasteiger partial charge in [0.15, 0.2) is 12.1 Å². The number of hydrogen-bond acceptors (Lipinski definition) is 8. The highest BCUT2D eigenvalue weighted by Crippen LogP contribution is 2.38. The average Bonchev–Trinajstić information content (AvgIpc) is 3.26. The Labute approximate surface area is 167 Å². The molecule has 0 saturated heterocycles. The molecule has 3 atom stereocenters. The highest BCUT2D eigenvalue weighted by molar-refractivity contribution is 7.00. The summed E-state index contributed by atoms with van der Waals surface area (Å²) in [5.74, 6) is -1.48. The fourth-order valence-corrected chi connectivity index (χ4v) is 3.26. The third-order valence-electron chi connectivity index (χ3n) is 4.68. The van der Waals surface area contributed by atoms with Crippen LogP contribution in [-0.2, 0) is 23.9 Å². The van der Waals surface area contributed by atoms with E-state index in [1.807, 2.05) is 0 Å². The molecule has 1 fully saturated rings. The first kappa shape index (κ1) is 24.1. The summed E-state index contributed by atoms with van der Waals surface area (Å²) in [6, 6.07) is 5.05. The Hall–Kier alpha value is -1.89. The van der Waals surface area contributed by atoms with Crippen LogP contribution in [-0.4, -0.2) is 39.4 Å². The van der Waals surface area contributed by atoms with Crippen molar-refractivity contribution in [1.82, 2.24) is 0 Å². The lowest BCUT2D eigenvalue weighted by Crippen LogP contribution is -2.33. The van der Waals surface area contributed by atoms with Gasteiger partial charge in [0.05, 0.1) is 23.3 Å². The summed E-state index contributed by atoms with van der Waals surface area (Å²) in [5, 5.41) is 0. The molecule has 1 saturated carbocycles. The van der Waals surface area contributed by atoms with Gasteiger partial charge in [-0.1, -0.05) is 18.9 Å². The summed E-state index contributed by atoms with van der Waals surface area (Å²) in [6.07, 6.45) is 2.78. The predicted octanol–water partition coefficient (Wildman–Crippen LogP) is 3.10. The quantitative estimate of drug-likeness (QED) is 0.151. The molecule has 158 valence electrons. The molecular formula is C19H29O8P. The normalized spacial score (nSPS) is 15.9. The van der Waals surface area contributed by atoms with Crippen molar-refractivity contribution in [2.24, 2.45) is 11.8 Å². The largest absolute Gasteiger partial charge is 0.496 e. The number of carbonyl (C=O) groups is 2. The summed E-state index contributed by atoms with van der Waals surface area (Å²) in [5.41, 5.74) is 0.242. The molecular weight excluding hydrogens is 387 g/mol. The van der Waals surface area contributed by atoms with Crippen LogP contribution < -0.4 is 9.47 Å². The Morgan fingerprint density at radius 1 is 1.04 bits per heavy atom. The number of benzene rings is 1. The van der Waals surface area contributed by atoms with Crippen LogP contribution in [0.3, 0.4) is 0 Å². The fraction of sp³-hybridized carbons (Fsp3) is 0.579. The second-order valence-corrected chi connectivity index (χ2v) is 6.23. The molecule has 1 aromatic rings. The van der Waals surface area contributed by atoms with E-state index >= 15 is 0 Å². The number of Topliss-reactive ketones (excluding diaryl/α,β-unsaturated/α-hetero) is 1. The number of carbonyl (C=O) groups excluding carboxylic acids is 2. The van der Waals surface area contributed by atoms with Crippen LogP contribution in [0.5, 0.6) is 11.5 Å². The number of hydrogen-bond donors (Lipinski definition) is 0. The zero-order valence-corrected chi connectivity index (χ0v) is 18.2. The van der Waals surface area contributed by atoms with E-state index in [1.54, 1.807) is 25.1 Å². The van der Waals surface area contributed by atoms with Crippen molar-refractivity contribution in [3.05, 3.63) is 23.8 Å². The molecule has 1 aliphatic rings. The topological polar surface area (TPSA) is 97.4 Å². The van der Waals surface area contributed by atoms with Crippen molar-refractivity contribution < 1.29 is 38.1 Å². The summed E-state index contributed by atoms with van der Waals surface area (Å²) in [7, 11) is 4.98. The van der Waals surface area contributed by atoms with Gasteiger partial charge in [-0.25, -0.2) is 4.79 Å². The third kappa shape index (κ3) is 6.06. The van der Waals surface area contributed by atoms with E-state index in [2.05, 4.69) is 0 Å². The Kier molecular flexibility index (Phi) is 10.8. The lowest BCUT2D eigenvalue weighted by molar-refractivity contribution is -0.344. The molecule has 9 heteroatoms. The molecule has 2 rings (SSSR count). The smallest absolute Gasteiger partial charge is 0.353 e. The van der Waals surface area contributed by atoms with E-state index in [-0.39, 0.29) is 17.3 Å². The van der Waals surface area contributed by atoms with Crippen molar-refractivity contribution >= 4 is 20.9 Å². The van der Waals surface area contributed by atoms with Crippen LogP contribution in [0.2, 0.25) is 0 Å². The molecule has 0 aromatic heterocycles. The highest BCUT2D eigenvalue weighted by Gasteiger charge is 2.41. The summed E-state index contributed by atoms with van der Waals surface area (Å²) in [4.78, 5) is 35.8. The SMILES string of the molecule is COc1cccc(OC)c1C(=O)C(C(=O)OOC(C)OC)C1CCCC1.O=[PH3]. The van der Waals surface area contributed by atoms with Crippen molar-refractivity contribution in [3.8, 4) is 11.5 Å². The Balaban J connectivity index is 0.00000190. The first-order valence-electron chi connectivity index (χ1n) is 8.97. The number of rotatable bonds is 9. The van der Waals surface area contributed by atoms with Crippen LogP contribution in [0.15, 0.2) is 18.2 Å². The minimum atomic E-state index is -0.980. The van der Waals surface area contributed by atoms with Gasteiger partial charge in [-0.2, -0.15) is 4.89 Å². The fourth-order valence-electron chi connectivity index (χ4n) is 3.26. The summed E-state index contributed by atoms with van der Waals surface area (Å²) in [6.45, 7) is 1.59. The highest BCUT2D eigenvalue weighted by atomic mass is 31.0. The van der Waals surface area contributed by atoms with E-state index in [4.69, 9.17) is 28.6 Å². The van der Waals surface area contributed by atoms with E-state index in [9.17, 15) is 9.59 Å². The first-order chi connectivity index (χ1) is 13.5. The summed E-state index contributed by atoms with van der Waals surface area (Å²) < 4.78 is 23.8. The maximum absolute atomic E-state index is 13.3. The minimum absolute atomic E-state index is 0.105. The van der Waals surface area contributed by atoms with Gasteiger partial charge in [-0.15, -0.1) is 0 Å². The van der Waals surface area contributed by atoms with Gasteiger partial charge in [0.25, 0.3) is 0 Å². The van der Waals surface area contributed by atoms with Crippen molar-refractivity contribution in [1.29, 1.82) is 0 Å². The van der Waals surface area contributed by atoms with Gasteiger partial charge in [0.2, 0.25) is 0 Å². The second-order valence-electron chi connectivity index (χ2n) is 6.23. The first-order valence-corrected chi connectivity index (χ1v) is 9.55. The monoisotopic (exact) mass is 416 g/mol. The molecule has 0 bridgehead atoms. The number of ether oxygens (including phenoxy) is 3. The van der Waals surface area contributed by atoms with Crippen LogP contribution in [0, 0.1) is 11.8 Å². The zero-order chi connectivity index (χ0) is 21.1. The van der Waals surface area contributed by atoms with Crippen LogP contribution in [0.25, 0.3) is 0 Å². The van der Waals surface area contributed by atoms with Gasteiger partial charge < -0.3 is 18.8 Å². The molecule has 0 amide bonds. The maximum atomic E-state index is 13.3. The van der Waals surface area contributed by atoms with Gasteiger partial charge in [-0.05, 0) is 37.8 Å². The maximum Gasteiger partial charge on any atom is 0.353 e. The molecule has 0 N–H and O–H groups in total. The lowest BCUT2D eigenvalue weighted by atomic mass is 9.84. The predicted molar refractivity (Wildman–Crippen MR) is 105 cm³/mol. The van der Waals surface area contributed by atoms with Gasteiger partial charge in [0.1, 0.15) is 23.0 Å². The minimum Gasteiger partial charge on any atom is -0.496 e.